The largest absolute Gasteiger partial charge is 0.497 e. The fourth-order valence-electron chi connectivity index (χ4n) is 1.20. The molecule has 1 heterocycles. The van der Waals surface area contributed by atoms with Crippen LogP contribution >= 0.6 is 11.3 Å². The minimum Gasteiger partial charge on any atom is -0.497 e. The summed E-state index contributed by atoms with van der Waals surface area (Å²) < 4.78 is 10.3. The number of methoxy groups -OCH3 is 1. The number of ether oxygens (including phenoxy) is 2. The third kappa shape index (κ3) is 3.42. The molecule has 0 saturated heterocycles. The summed E-state index contributed by atoms with van der Waals surface area (Å²) in [6.07, 6.45) is 0. The Labute approximate surface area is 108 Å². The second-order valence-electron chi connectivity index (χ2n) is 3.26. The van der Waals surface area contributed by atoms with Crippen molar-refractivity contribution in [3.63, 3.8) is 0 Å². The van der Waals surface area contributed by atoms with Crippen molar-refractivity contribution in [1.29, 1.82) is 0 Å². The Balaban J connectivity index is 1.81. The van der Waals surface area contributed by atoms with Crippen molar-refractivity contribution >= 4 is 22.4 Å². The van der Waals surface area contributed by atoms with Gasteiger partial charge < -0.3 is 9.47 Å². The molecule has 94 valence electrons. The Kier molecular flexibility index (Phi) is 4.08. The molecule has 0 unspecified atom stereocenters. The van der Waals surface area contributed by atoms with Gasteiger partial charge in [-0.2, -0.15) is 0 Å². The third-order valence-corrected chi connectivity index (χ3v) is 2.64. The predicted molar refractivity (Wildman–Crippen MR) is 67.0 cm³/mol. The van der Waals surface area contributed by atoms with Crippen LogP contribution in [-0.2, 0) is 4.79 Å². The van der Waals surface area contributed by atoms with E-state index in [9.17, 15) is 4.79 Å². The van der Waals surface area contributed by atoms with Crippen LogP contribution in [0.5, 0.6) is 11.5 Å². The number of hydrogen-bond donors (Lipinski definition) is 1. The highest BCUT2D eigenvalue weighted by Gasteiger charge is 2.05. The van der Waals surface area contributed by atoms with Crippen LogP contribution in [0.4, 0.5) is 5.13 Å². The summed E-state index contributed by atoms with van der Waals surface area (Å²) in [5.74, 6) is 1.06. The molecule has 18 heavy (non-hydrogen) atoms. The van der Waals surface area contributed by atoms with Gasteiger partial charge in [-0.3, -0.25) is 10.1 Å². The molecular weight excluding hydrogens is 254 g/mol. The van der Waals surface area contributed by atoms with Crippen LogP contribution in [0.1, 0.15) is 0 Å². The lowest BCUT2D eigenvalue weighted by atomic mass is 10.3. The van der Waals surface area contributed by atoms with Gasteiger partial charge in [0, 0.05) is 0 Å². The smallest absolute Gasteiger partial charge is 0.264 e. The number of amides is 1. The van der Waals surface area contributed by atoms with E-state index in [0.717, 1.165) is 5.75 Å². The molecule has 0 spiro atoms. The maximum atomic E-state index is 11.5. The van der Waals surface area contributed by atoms with E-state index in [0.29, 0.717) is 10.9 Å². The Morgan fingerprint density at radius 2 is 2.06 bits per heavy atom. The van der Waals surface area contributed by atoms with Gasteiger partial charge in [-0.15, -0.1) is 10.2 Å². The second kappa shape index (κ2) is 5.97. The van der Waals surface area contributed by atoms with Crippen LogP contribution in [0.2, 0.25) is 0 Å². The number of carbonyl (C=O) groups excluding carboxylic acids is 1. The van der Waals surface area contributed by atoms with Crippen LogP contribution in [0.25, 0.3) is 0 Å². The molecule has 2 aromatic rings. The lowest BCUT2D eigenvalue weighted by Crippen LogP contribution is -2.20. The molecule has 0 aliphatic heterocycles. The maximum absolute atomic E-state index is 11.5. The highest BCUT2D eigenvalue weighted by Crippen LogP contribution is 2.17. The van der Waals surface area contributed by atoms with Crippen LogP contribution in [0.15, 0.2) is 29.8 Å². The molecule has 1 amide bonds. The molecule has 0 aliphatic rings. The van der Waals surface area contributed by atoms with Gasteiger partial charge in [0.05, 0.1) is 7.11 Å². The topological polar surface area (TPSA) is 73.3 Å². The molecule has 2 rings (SSSR count). The van der Waals surface area contributed by atoms with Crippen molar-refractivity contribution in [3.05, 3.63) is 29.8 Å². The van der Waals surface area contributed by atoms with Gasteiger partial charge in [-0.05, 0) is 24.3 Å². The zero-order valence-electron chi connectivity index (χ0n) is 9.62. The van der Waals surface area contributed by atoms with Gasteiger partial charge in [-0.1, -0.05) is 11.3 Å². The summed E-state index contributed by atoms with van der Waals surface area (Å²) in [7, 11) is 1.59. The van der Waals surface area contributed by atoms with Crippen molar-refractivity contribution < 1.29 is 14.3 Å². The molecule has 0 bridgehead atoms. The molecule has 0 atom stereocenters. The Bertz CT molecular complexity index is 499. The van der Waals surface area contributed by atoms with Crippen molar-refractivity contribution in [2.24, 2.45) is 0 Å². The highest BCUT2D eigenvalue weighted by molar-refractivity contribution is 7.13. The summed E-state index contributed by atoms with van der Waals surface area (Å²) >= 11 is 1.25. The summed E-state index contributed by atoms with van der Waals surface area (Å²) in [5.41, 5.74) is 1.54. The molecule has 7 heteroatoms. The van der Waals surface area contributed by atoms with E-state index >= 15 is 0 Å². The fourth-order valence-corrected chi connectivity index (χ4v) is 1.66. The first-order valence-electron chi connectivity index (χ1n) is 5.11. The summed E-state index contributed by atoms with van der Waals surface area (Å²) in [6, 6.07) is 6.99. The van der Waals surface area contributed by atoms with E-state index < -0.39 is 0 Å². The number of nitrogens with one attached hydrogen (secondary N) is 1. The van der Waals surface area contributed by atoms with E-state index in [2.05, 4.69) is 15.5 Å². The Hall–Kier alpha value is -2.15. The third-order valence-electron chi connectivity index (χ3n) is 2.04. The minimum atomic E-state index is -0.275. The summed E-state index contributed by atoms with van der Waals surface area (Å²) in [6.45, 7) is -0.0775. The number of aromatic nitrogens is 2. The first-order valence-corrected chi connectivity index (χ1v) is 5.99. The highest BCUT2D eigenvalue weighted by atomic mass is 32.1. The molecule has 6 nitrogen and oxygen atoms in total. The second-order valence-corrected chi connectivity index (χ2v) is 4.09. The van der Waals surface area contributed by atoms with E-state index in [-0.39, 0.29) is 12.5 Å². The van der Waals surface area contributed by atoms with Crippen LogP contribution < -0.4 is 14.8 Å². The quantitative estimate of drug-likeness (QED) is 0.888. The number of hydrogen-bond acceptors (Lipinski definition) is 6. The van der Waals surface area contributed by atoms with Crippen LogP contribution in [0, 0.1) is 0 Å². The monoisotopic (exact) mass is 265 g/mol. The van der Waals surface area contributed by atoms with E-state index in [4.69, 9.17) is 9.47 Å². The SMILES string of the molecule is COc1ccc(OCC(=O)Nc2nncs2)cc1. The van der Waals surface area contributed by atoms with Crippen LogP contribution in [-0.4, -0.2) is 29.8 Å². The first kappa shape index (κ1) is 12.3. The molecule has 1 aromatic heterocycles. The van der Waals surface area contributed by atoms with Gasteiger partial charge in [-0.25, -0.2) is 0 Å². The average Bonchev–Trinajstić information content (AvgIpc) is 2.90. The molecule has 0 saturated carbocycles. The fraction of sp³-hybridized carbons (Fsp3) is 0.182. The number of rotatable bonds is 5. The minimum absolute atomic E-state index is 0.0775. The summed E-state index contributed by atoms with van der Waals surface area (Å²) in [5, 5.41) is 10.3. The average molecular weight is 265 g/mol. The number of carbonyl (C=O) groups is 1. The lowest BCUT2D eigenvalue weighted by molar-refractivity contribution is -0.118. The Morgan fingerprint density at radius 3 is 2.67 bits per heavy atom. The van der Waals surface area contributed by atoms with Gasteiger partial charge in [0.15, 0.2) is 6.61 Å². The number of anilines is 1. The normalized spacial score (nSPS) is 9.83. The first-order chi connectivity index (χ1) is 8.78. The molecule has 0 radical (unpaired) electrons. The van der Waals surface area contributed by atoms with Crippen molar-refractivity contribution in [3.8, 4) is 11.5 Å². The molecule has 1 aromatic carbocycles. The van der Waals surface area contributed by atoms with E-state index in [1.165, 1.54) is 11.3 Å². The standard InChI is InChI=1S/C11H11N3O3S/c1-16-8-2-4-9(5-3-8)17-6-10(15)13-11-14-12-7-18-11/h2-5,7H,6H2,1H3,(H,13,14,15). The van der Waals surface area contributed by atoms with Gasteiger partial charge in [0.2, 0.25) is 5.13 Å². The lowest BCUT2D eigenvalue weighted by Gasteiger charge is -2.06. The maximum Gasteiger partial charge on any atom is 0.264 e. The molecular formula is C11H11N3O3S. The van der Waals surface area contributed by atoms with Crippen LogP contribution in [0.3, 0.4) is 0 Å². The van der Waals surface area contributed by atoms with Gasteiger partial charge in [0.25, 0.3) is 5.91 Å². The molecule has 0 fully saturated rings. The zero-order valence-corrected chi connectivity index (χ0v) is 10.4. The Morgan fingerprint density at radius 1 is 1.33 bits per heavy atom. The zero-order chi connectivity index (χ0) is 12.8. The van der Waals surface area contributed by atoms with Crippen molar-refractivity contribution in [1.82, 2.24) is 10.2 Å². The van der Waals surface area contributed by atoms with Crippen molar-refractivity contribution in [2.45, 2.75) is 0 Å². The number of nitrogens with zero attached hydrogens (tertiary/aromatic N) is 2. The van der Waals surface area contributed by atoms with E-state index in [1.54, 1.807) is 36.9 Å². The van der Waals surface area contributed by atoms with Gasteiger partial charge in [0.1, 0.15) is 17.0 Å². The molecule has 1 N–H and O–H groups in total. The number of benzene rings is 1. The van der Waals surface area contributed by atoms with E-state index in [1.807, 2.05) is 0 Å². The molecule has 0 aliphatic carbocycles. The predicted octanol–water partition coefficient (Wildman–Crippen LogP) is 1.56. The summed E-state index contributed by atoms with van der Waals surface area (Å²) in [4.78, 5) is 11.5. The van der Waals surface area contributed by atoms with Crippen molar-refractivity contribution in [2.75, 3.05) is 19.0 Å². The van der Waals surface area contributed by atoms with Gasteiger partial charge >= 0.3 is 0 Å².